The average molecular weight is 491 g/mol. The molecule has 0 saturated carbocycles. The topological polar surface area (TPSA) is 125 Å². The Morgan fingerprint density at radius 3 is 2.51 bits per heavy atom. The van der Waals surface area contributed by atoms with Gasteiger partial charge in [-0.05, 0) is 62.6 Å². The van der Waals surface area contributed by atoms with E-state index in [1.54, 1.807) is 6.92 Å². The summed E-state index contributed by atoms with van der Waals surface area (Å²) >= 11 is 0. The van der Waals surface area contributed by atoms with Gasteiger partial charge in [0.1, 0.15) is 29.3 Å². The van der Waals surface area contributed by atoms with Crippen molar-refractivity contribution in [1.82, 2.24) is 24.5 Å². The molecule has 4 aromatic rings. The van der Waals surface area contributed by atoms with E-state index in [9.17, 15) is 8.42 Å². The molecule has 0 fully saturated rings. The summed E-state index contributed by atoms with van der Waals surface area (Å²) in [5, 5.41) is 5.60. The molecule has 0 spiro atoms. The number of nitrogens with two attached hydrogens (primary N) is 1. The minimum Gasteiger partial charge on any atom is -0.457 e. The van der Waals surface area contributed by atoms with Gasteiger partial charge in [-0.15, -0.1) is 0 Å². The highest BCUT2D eigenvalue weighted by atomic mass is 32.2. The number of ether oxygens (including phenoxy) is 1. The number of sulfonamides is 1. The number of hydrogen-bond donors (Lipinski definition) is 2. The normalized spacial score (nSPS) is 16.1. The van der Waals surface area contributed by atoms with Crippen molar-refractivity contribution < 1.29 is 13.2 Å². The van der Waals surface area contributed by atoms with E-state index in [0.29, 0.717) is 41.1 Å². The molecular weight excluding hydrogens is 464 g/mol. The van der Waals surface area contributed by atoms with Crippen LogP contribution >= 0.6 is 0 Å². The van der Waals surface area contributed by atoms with Crippen molar-refractivity contribution in [2.75, 3.05) is 11.5 Å². The highest BCUT2D eigenvalue weighted by Crippen LogP contribution is 2.36. The number of allylic oxidation sites excluding steroid dienone is 2. The Morgan fingerprint density at radius 2 is 1.83 bits per heavy atom. The Morgan fingerprint density at radius 1 is 1.09 bits per heavy atom. The predicted octanol–water partition coefficient (Wildman–Crippen LogP) is 4.42. The molecule has 35 heavy (non-hydrogen) atoms. The summed E-state index contributed by atoms with van der Waals surface area (Å²) in [6.07, 6.45) is 5.32. The number of nitrogens with zero attached hydrogens (tertiary/aromatic N) is 4. The third-order valence-corrected chi connectivity index (χ3v) is 7.35. The first-order chi connectivity index (χ1) is 16.9. The molecule has 0 radical (unpaired) electrons. The van der Waals surface area contributed by atoms with Gasteiger partial charge in [-0.3, -0.25) is 4.72 Å². The zero-order chi connectivity index (χ0) is 24.4. The van der Waals surface area contributed by atoms with E-state index in [0.717, 1.165) is 23.4 Å². The molecule has 0 unspecified atom stereocenters. The maximum absolute atomic E-state index is 11.9. The van der Waals surface area contributed by atoms with Crippen molar-refractivity contribution >= 4 is 26.9 Å². The minimum absolute atomic E-state index is 0.0242. The summed E-state index contributed by atoms with van der Waals surface area (Å²) in [7, 11) is -3.29. The fourth-order valence-electron chi connectivity index (χ4n) is 4.16. The fraction of sp³-hybridized carbons (Fsp3) is 0.240. The largest absolute Gasteiger partial charge is 0.457 e. The van der Waals surface area contributed by atoms with Gasteiger partial charge in [0.2, 0.25) is 10.0 Å². The molecule has 5 rings (SSSR count). The monoisotopic (exact) mass is 490 g/mol. The summed E-state index contributed by atoms with van der Waals surface area (Å²) in [6, 6.07) is 17.3. The highest BCUT2D eigenvalue weighted by Gasteiger charge is 2.25. The lowest BCUT2D eigenvalue weighted by molar-refractivity contribution is 0.420. The third kappa shape index (κ3) is 4.83. The van der Waals surface area contributed by atoms with Crippen LogP contribution in [0.2, 0.25) is 0 Å². The standard InChI is InChI=1S/C25H26N6O3S/c1-2-35(32,33)30-18-10-12-19(13-11-18)31-25-22(24(26)27-16-28-25)23(29-31)17-8-14-21(15-9-17)34-20-6-4-3-5-7-20/h3-10,14-16,19,30H,2,11-13H2,1H3,(H2,26,27,28)/t19-/m1/s1. The van der Waals surface area contributed by atoms with Gasteiger partial charge < -0.3 is 10.5 Å². The Kier molecular flexibility index (Phi) is 6.12. The number of fused-ring (bicyclic) bond motifs is 1. The van der Waals surface area contributed by atoms with Crippen LogP contribution in [0.25, 0.3) is 22.3 Å². The summed E-state index contributed by atoms with van der Waals surface area (Å²) in [5.74, 6) is 1.89. The Hall–Kier alpha value is -3.92. The molecule has 10 heteroatoms. The number of nitrogens with one attached hydrogen (secondary N) is 1. The Balaban J connectivity index is 1.44. The number of nitrogen functional groups attached to an aromatic ring is 1. The molecular formula is C25H26N6O3S. The van der Waals surface area contributed by atoms with Crippen molar-refractivity contribution in [3.05, 3.63) is 72.7 Å². The van der Waals surface area contributed by atoms with E-state index in [2.05, 4.69) is 14.7 Å². The van der Waals surface area contributed by atoms with Gasteiger partial charge in [0.15, 0.2) is 5.65 Å². The number of anilines is 1. The molecule has 2 aromatic carbocycles. The first-order valence-electron chi connectivity index (χ1n) is 11.4. The fourth-order valence-corrected chi connectivity index (χ4v) is 4.89. The molecule has 0 amide bonds. The molecule has 1 aliphatic rings. The number of aromatic nitrogens is 4. The number of rotatable bonds is 7. The van der Waals surface area contributed by atoms with Gasteiger partial charge in [0.25, 0.3) is 0 Å². The van der Waals surface area contributed by atoms with Crippen LogP contribution in [0.4, 0.5) is 5.82 Å². The highest BCUT2D eigenvalue weighted by molar-refractivity contribution is 7.89. The van der Waals surface area contributed by atoms with E-state index in [4.69, 9.17) is 15.6 Å². The number of para-hydroxylation sites is 1. The van der Waals surface area contributed by atoms with Gasteiger partial charge in [-0.25, -0.2) is 23.1 Å². The first-order valence-corrected chi connectivity index (χ1v) is 13.1. The lowest BCUT2D eigenvalue weighted by Gasteiger charge is -2.23. The number of hydrogen-bond acceptors (Lipinski definition) is 7. The van der Waals surface area contributed by atoms with Gasteiger partial charge in [-0.2, -0.15) is 5.10 Å². The van der Waals surface area contributed by atoms with Crippen LogP contribution in [0.3, 0.4) is 0 Å². The second-order valence-corrected chi connectivity index (χ2v) is 10.4. The van der Waals surface area contributed by atoms with Gasteiger partial charge >= 0.3 is 0 Å². The molecule has 0 bridgehead atoms. The zero-order valence-corrected chi connectivity index (χ0v) is 20.1. The van der Waals surface area contributed by atoms with Crippen LogP contribution in [0, 0.1) is 0 Å². The van der Waals surface area contributed by atoms with Crippen molar-refractivity contribution in [3.8, 4) is 22.8 Å². The zero-order valence-electron chi connectivity index (χ0n) is 19.3. The van der Waals surface area contributed by atoms with Gasteiger partial charge in [-0.1, -0.05) is 24.3 Å². The lowest BCUT2D eigenvalue weighted by atomic mass is 10.00. The predicted molar refractivity (Wildman–Crippen MR) is 135 cm³/mol. The summed E-state index contributed by atoms with van der Waals surface area (Å²) in [6.45, 7) is 1.62. The molecule has 2 heterocycles. The van der Waals surface area contributed by atoms with E-state index >= 15 is 0 Å². The molecule has 0 aliphatic heterocycles. The lowest BCUT2D eigenvalue weighted by Crippen LogP contribution is -2.27. The van der Waals surface area contributed by atoms with Crippen molar-refractivity contribution in [2.45, 2.75) is 32.2 Å². The van der Waals surface area contributed by atoms with Crippen LogP contribution in [0.15, 0.2) is 72.7 Å². The minimum atomic E-state index is -3.29. The molecule has 1 aliphatic carbocycles. The van der Waals surface area contributed by atoms with Crippen LogP contribution in [-0.4, -0.2) is 33.9 Å². The van der Waals surface area contributed by atoms with E-state index in [1.807, 2.05) is 65.4 Å². The smallest absolute Gasteiger partial charge is 0.232 e. The van der Waals surface area contributed by atoms with Crippen LogP contribution in [0.1, 0.15) is 32.2 Å². The summed E-state index contributed by atoms with van der Waals surface area (Å²) in [5.41, 5.74) is 9.22. The van der Waals surface area contributed by atoms with Crippen LogP contribution < -0.4 is 15.2 Å². The Bertz CT molecular complexity index is 1480. The van der Waals surface area contributed by atoms with Gasteiger partial charge in [0, 0.05) is 11.3 Å². The molecule has 3 N–H and O–H groups in total. The molecule has 9 nitrogen and oxygen atoms in total. The van der Waals surface area contributed by atoms with Crippen molar-refractivity contribution in [1.29, 1.82) is 0 Å². The van der Waals surface area contributed by atoms with Crippen LogP contribution in [0.5, 0.6) is 11.5 Å². The van der Waals surface area contributed by atoms with Gasteiger partial charge in [0.05, 0.1) is 17.2 Å². The molecule has 180 valence electrons. The van der Waals surface area contributed by atoms with E-state index in [1.165, 1.54) is 6.33 Å². The number of benzene rings is 2. The SMILES string of the molecule is CCS(=O)(=O)NC1=CC[C@@H](n2nc(-c3ccc(Oc4ccccc4)cc3)c3c(N)ncnc32)CC1. The molecule has 1 atom stereocenters. The van der Waals surface area contributed by atoms with E-state index < -0.39 is 10.0 Å². The molecule has 2 aromatic heterocycles. The summed E-state index contributed by atoms with van der Waals surface area (Å²) in [4.78, 5) is 8.67. The third-order valence-electron chi connectivity index (χ3n) is 6.02. The van der Waals surface area contributed by atoms with Crippen molar-refractivity contribution in [3.63, 3.8) is 0 Å². The Labute approximate surface area is 203 Å². The summed E-state index contributed by atoms with van der Waals surface area (Å²) < 4.78 is 34.3. The quantitative estimate of drug-likeness (QED) is 0.393. The second kappa shape index (κ2) is 9.38. The average Bonchev–Trinajstić information content (AvgIpc) is 3.26. The maximum Gasteiger partial charge on any atom is 0.232 e. The maximum atomic E-state index is 11.9. The second-order valence-electron chi connectivity index (χ2n) is 8.35. The van der Waals surface area contributed by atoms with Crippen molar-refractivity contribution in [2.24, 2.45) is 0 Å². The first kappa shape index (κ1) is 22.9. The molecule has 0 saturated heterocycles. The van der Waals surface area contributed by atoms with Crippen LogP contribution in [-0.2, 0) is 10.0 Å². The van der Waals surface area contributed by atoms with E-state index in [-0.39, 0.29) is 11.8 Å².